The number of hydrogen-bond acceptors (Lipinski definition) is 6. The summed E-state index contributed by atoms with van der Waals surface area (Å²) in [5.74, 6) is 0.164. The molecule has 0 aromatic heterocycles. The molecule has 0 radical (unpaired) electrons. The summed E-state index contributed by atoms with van der Waals surface area (Å²) in [6.07, 6.45) is 1.65. The second-order valence-corrected chi connectivity index (χ2v) is 8.86. The lowest BCUT2D eigenvalue weighted by molar-refractivity contribution is -0.123. The first-order valence-electron chi connectivity index (χ1n) is 10.9. The van der Waals surface area contributed by atoms with Gasteiger partial charge in [-0.3, -0.25) is 19.3 Å². The van der Waals surface area contributed by atoms with Gasteiger partial charge in [0, 0.05) is 5.69 Å². The molecule has 1 aliphatic rings. The largest absolute Gasteiger partial charge is 0.493 e. The van der Waals surface area contributed by atoms with E-state index in [4.69, 9.17) is 9.47 Å². The van der Waals surface area contributed by atoms with Crippen LogP contribution in [0.3, 0.4) is 0 Å². The summed E-state index contributed by atoms with van der Waals surface area (Å²) in [5.41, 5.74) is 3.29. The fourth-order valence-electron chi connectivity index (χ4n) is 3.51. The van der Waals surface area contributed by atoms with Crippen molar-refractivity contribution in [1.82, 2.24) is 4.90 Å². The van der Waals surface area contributed by atoms with Gasteiger partial charge in [-0.25, -0.2) is 0 Å². The monoisotopic (exact) mass is 488 g/mol. The van der Waals surface area contributed by atoms with Crippen molar-refractivity contribution in [2.24, 2.45) is 0 Å². The highest BCUT2D eigenvalue weighted by Gasteiger charge is 2.35. The van der Waals surface area contributed by atoms with E-state index in [2.05, 4.69) is 5.32 Å². The summed E-state index contributed by atoms with van der Waals surface area (Å²) in [7, 11) is 1.49. The zero-order chi connectivity index (χ0) is 24.8. The number of hydrogen-bond donors (Lipinski definition) is 1. The highest BCUT2D eigenvalue weighted by Crippen LogP contribution is 2.35. The molecule has 1 aliphatic heterocycles. The van der Waals surface area contributed by atoms with Crippen molar-refractivity contribution < 1.29 is 23.9 Å². The number of aryl methyl sites for hydroxylation is 1. The van der Waals surface area contributed by atoms with Gasteiger partial charge in [0.2, 0.25) is 0 Å². The molecule has 1 heterocycles. The summed E-state index contributed by atoms with van der Waals surface area (Å²) in [4.78, 5) is 39.0. The quantitative estimate of drug-likeness (QED) is 0.436. The number of carbonyl (C=O) groups excluding carboxylic acids is 3. The number of benzene rings is 3. The van der Waals surface area contributed by atoms with Crippen LogP contribution in [-0.4, -0.2) is 35.7 Å². The van der Waals surface area contributed by atoms with Crippen LogP contribution in [0, 0.1) is 6.92 Å². The standard InChI is InChI=1S/C27H24N2O5S/c1-18-7-6-10-21(13-18)28-25(30)17-34-22-12-11-20(14-23(22)33-2)15-24-26(31)29(27(32)35-24)16-19-8-4-3-5-9-19/h3-15H,16-17H2,1-2H3,(H,28,30)/b24-15+. The second-order valence-electron chi connectivity index (χ2n) is 7.87. The molecule has 8 heteroatoms. The topological polar surface area (TPSA) is 84.9 Å². The summed E-state index contributed by atoms with van der Waals surface area (Å²) in [6.45, 7) is 1.98. The highest BCUT2D eigenvalue weighted by molar-refractivity contribution is 8.18. The van der Waals surface area contributed by atoms with E-state index in [-0.39, 0.29) is 30.2 Å². The average Bonchev–Trinajstić information content (AvgIpc) is 3.11. The highest BCUT2D eigenvalue weighted by atomic mass is 32.2. The molecule has 0 atom stereocenters. The fourth-order valence-corrected chi connectivity index (χ4v) is 4.35. The third-order valence-electron chi connectivity index (χ3n) is 5.20. The molecule has 0 spiro atoms. The molecule has 1 N–H and O–H groups in total. The minimum Gasteiger partial charge on any atom is -0.493 e. The molecule has 0 unspecified atom stereocenters. The van der Waals surface area contributed by atoms with Crippen LogP contribution in [0.1, 0.15) is 16.7 Å². The van der Waals surface area contributed by atoms with Gasteiger partial charge >= 0.3 is 0 Å². The maximum Gasteiger partial charge on any atom is 0.293 e. The molecule has 0 saturated carbocycles. The van der Waals surface area contributed by atoms with Gasteiger partial charge in [-0.15, -0.1) is 0 Å². The number of nitrogens with one attached hydrogen (secondary N) is 1. The third-order valence-corrected chi connectivity index (χ3v) is 6.11. The van der Waals surface area contributed by atoms with Crippen LogP contribution < -0.4 is 14.8 Å². The number of anilines is 1. The minimum absolute atomic E-state index is 0.192. The van der Waals surface area contributed by atoms with Gasteiger partial charge in [-0.1, -0.05) is 48.5 Å². The Balaban J connectivity index is 1.41. The zero-order valence-electron chi connectivity index (χ0n) is 19.3. The number of thioether (sulfide) groups is 1. The van der Waals surface area contributed by atoms with Crippen LogP contribution in [0.5, 0.6) is 11.5 Å². The van der Waals surface area contributed by atoms with Gasteiger partial charge in [-0.2, -0.15) is 0 Å². The third kappa shape index (κ3) is 6.10. The van der Waals surface area contributed by atoms with Gasteiger partial charge in [-0.05, 0) is 65.7 Å². The first-order chi connectivity index (χ1) is 16.9. The van der Waals surface area contributed by atoms with Crippen molar-refractivity contribution in [2.75, 3.05) is 19.0 Å². The van der Waals surface area contributed by atoms with E-state index in [9.17, 15) is 14.4 Å². The SMILES string of the molecule is COc1cc(/C=C2/SC(=O)N(Cc3ccccc3)C2=O)ccc1OCC(=O)Nc1cccc(C)c1. The van der Waals surface area contributed by atoms with Gasteiger partial charge in [0.25, 0.3) is 17.1 Å². The maximum atomic E-state index is 12.8. The molecule has 0 bridgehead atoms. The van der Waals surface area contributed by atoms with Gasteiger partial charge in [0.1, 0.15) is 0 Å². The Kier molecular flexibility index (Phi) is 7.52. The predicted octanol–water partition coefficient (Wildman–Crippen LogP) is 5.26. The summed E-state index contributed by atoms with van der Waals surface area (Å²) in [5, 5.41) is 2.48. The Morgan fingerprint density at radius 2 is 1.80 bits per heavy atom. The number of imide groups is 1. The van der Waals surface area contributed by atoms with Crippen molar-refractivity contribution in [2.45, 2.75) is 13.5 Å². The number of rotatable bonds is 8. The Bertz CT molecular complexity index is 1290. The van der Waals surface area contributed by atoms with Crippen molar-refractivity contribution in [3.05, 3.63) is 94.4 Å². The van der Waals surface area contributed by atoms with Crippen molar-refractivity contribution in [3.63, 3.8) is 0 Å². The fraction of sp³-hybridized carbons (Fsp3) is 0.148. The van der Waals surface area contributed by atoms with E-state index in [1.807, 2.05) is 61.5 Å². The molecule has 7 nitrogen and oxygen atoms in total. The number of amides is 3. The van der Waals surface area contributed by atoms with Crippen LogP contribution in [-0.2, 0) is 16.1 Å². The normalized spacial score (nSPS) is 14.3. The van der Waals surface area contributed by atoms with Crippen LogP contribution in [0.4, 0.5) is 10.5 Å². The molecule has 0 aliphatic carbocycles. The smallest absolute Gasteiger partial charge is 0.293 e. The number of nitrogens with zero attached hydrogens (tertiary/aromatic N) is 1. The van der Waals surface area contributed by atoms with E-state index >= 15 is 0 Å². The molecule has 3 amide bonds. The van der Waals surface area contributed by atoms with Crippen molar-refractivity contribution >= 4 is 40.6 Å². The zero-order valence-corrected chi connectivity index (χ0v) is 20.1. The van der Waals surface area contributed by atoms with E-state index in [0.29, 0.717) is 27.7 Å². The van der Waals surface area contributed by atoms with E-state index in [0.717, 1.165) is 22.9 Å². The van der Waals surface area contributed by atoms with Gasteiger partial charge in [0.05, 0.1) is 18.6 Å². The summed E-state index contributed by atoms with van der Waals surface area (Å²) in [6, 6.07) is 21.9. The Labute approximate surface area is 207 Å². The van der Waals surface area contributed by atoms with Crippen LogP contribution in [0.15, 0.2) is 77.7 Å². The van der Waals surface area contributed by atoms with E-state index in [1.165, 1.54) is 12.0 Å². The van der Waals surface area contributed by atoms with Gasteiger partial charge < -0.3 is 14.8 Å². The Morgan fingerprint density at radius 1 is 1.00 bits per heavy atom. The first kappa shape index (κ1) is 24.1. The van der Waals surface area contributed by atoms with Gasteiger partial charge in [0.15, 0.2) is 18.1 Å². The van der Waals surface area contributed by atoms with E-state index < -0.39 is 0 Å². The summed E-state index contributed by atoms with van der Waals surface area (Å²) >= 11 is 0.903. The lowest BCUT2D eigenvalue weighted by Gasteiger charge is -2.12. The minimum atomic E-state index is -0.337. The molecule has 35 heavy (non-hydrogen) atoms. The molecule has 4 rings (SSSR count). The number of methoxy groups -OCH3 is 1. The van der Waals surface area contributed by atoms with Crippen LogP contribution in [0.25, 0.3) is 6.08 Å². The summed E-state index contributed by atoms with van der Waals surface area (Å²) < 4.78 is 11.1. The molecule has 178 valence electrons. The molecule has 1 fully saturated rings. The van der Waals surface area contributed by atoms with Crippen molar-refractivity contribution in [3.8, 4) is 11.5 Å². The van der Waals surface area contributed by atoms with Crippen molar-refractivity contribution in [1.29, 1.82) is 0 Å². The molecule has 1 saturated heterocycles. The maximum absolute atomic E-state index is 12.8. The molecule has 3 aromatic rings. The Morgan fingerprint density at radius 3 is 2.54 bits per heavy atom. The number of carbonyl (C=O) groups is 3. The van der Waals surface area contributed by atoms with E-state index in [1.54, 1.807) is 24.3 Å². The average molecular weight is 489 g/mol. The molecule has 3 aromatic carbocycles. The number of ether oxygens (including phenoxy) is 2. The second kappa shape index (κ2) is 10.9. The Hall–Kier alpha value is -4.04. The van der Waals surface area contributed by atoms with Crippen LogP contribution >= 0.6 is 11.8 Å². The molecular formula is C27H24N2O5S. The lowest BCUT2D eigenvalue weighted by Crippen LogP contribution is -2.27. The molecular weight excluding hydrogens is 464 g/mol. The first-order valence-corrected chi connectivity index (χ1v) is 11.7. The lowest BCUT2D eigenvalue weighted by atomic mass is 10.1. The van der Waals surface area contributed by atoms with Crippen LogP contribution in [0.2, 0.25) is 0 Å². The predicted molar refractivity (Wildman–Crippen MR) is 136 cm³/mol.